The molecule has 1 aliphatic rings. The Hall–Kier alpha value is -3.55. The largest absolute Gasteiger partial charge is 0.507 e. The van der Waals surface area contributed by atoms with E-state index in [4.69, 9.17) is 11.6 Å². The molecule has 1 N–H and O–H groups in total. The third kappa shape index (κ3) is 4.18. The molecule has 182 valence electrons. The van der Waals surface area contributed by atoms with E-state index >= 15 is 0 Å². The molecule has 0 bridgehead atoms. The number of hydrogen-bond donors (Lipinski definition) is 1. The second-order valence-corrected chi connectivity index (χ2v) is 11.1. The number of fused-ring (bicyclic) bond motifs is 1. The molecular weight excluding hydrogens is 499 g/mol. The number of aliphatic hydroxyl groups is 1. The van der Waals surface area contributed by atoms with Crippen molar-refractivity contribution in [1.82, 2.24) is 4.98 Å². The highest BCUT2D eigenvalue weighted by molar-refractivity contribution is 7.22. The van der Waals surface area contributed by atoms with Crippen LogP contribution in [0.5, 0.6) is 0 Å². The van der Waals surface area contributed by atoms with E-state index < -0.39 is 23.5 Å². The number of hydrogen-bond acceptors (Lipinski definition) is 5. The molecular formula is C28H22ClFN2O3S. The first-order valence-electron chi connectivity index (χ1n) is 11.3. The van der Waals surface area contributed by atoms with Gasteiger partial charge in [-0.1, -0.05) is 68.0 Å². The number of Topliss-reactive ketones (excluding diaryl/α,β-unsaturated/α-hetero) is 1. The molecule has 0 saturated carbocycles. The molecule has 36 heavy (non-hydrogen) atoms. The van der Waals surface area contributed by atoms with Gasteiger partial charge in [-0.15, -0.1) is 0 Å². The number of benzene rings is 3. The number of amides is 1. The number of ketones is 1. The number of anilines is 1. The lowest BCUT2D eigenvalue weighted by molar-refractivity contribution is -0.132. The van der Waals surface area contributed by atoms with Crippen molar-refractivity contribution in [3.8, 4) is 0 Å². The van der Waals surface area contributed by atoms with Gasteiger partial charge in [-0.2, -0.15) is 0 Å². The number of thiazole rings is 1. The Bertz CT molecular complexity index is 1540. The predicted octanol–water partition coefficient (Wildman–Crippen LogP) is 7.01. The van der Waals surface area contributed by atoms with Crippen LogP contribution in [0.4, 0.5) is 9.52 Å². The van der Waals surface area contributed by atoms with Gasteiger partial charge in [-0.25, -0.2) is 9.37 Å². The number of carbonyl (C=O) groups is 2. The summed E-state index contributed by atoms with van der Waals surface area (Å²) in [6.45, 7) is 6.28. The quantitative estimate of drug-likeness (QED) is 0.179. The summed E-state index contributed by atoms with van der Waals surface area (Å²) in [4.78, 5) is 32.5. The SMILES string of the molecule is CC(C)(C)c1ccc(C2/C(=C(\O)c3ccc(Cl)cc3)C(=O)C(=O)N2c2nc3ccc(F)cc3s2)cc1. The maximum absolute atomic E-state index is 13.8. The number of aromatic nitrogens is 1. The molecule has 4 aromatic rings. The molecule has 8 heteroatoms. The van der Waals surface area contributed by atoms with Crippen LogP contribution in [0.3, 0.4) is 0 Å². The van der Waals surface area contributed by atoms with Gasteiger partial charge < -0.3 is 5.11 Å². The maximum Gasteiger partial charge on any atom is 0.301 e. The third-order valence-corrected chi connectivity index (χ3v) is 7.47. The Labute approximate surface area is 216 Å². The van der Waals surface area contributed by atoms with Crippen LogP contribution in [0.15, 0.2) is 72.3 Å². The van der Waals surface area contributed by atoms with E-state index in [9.17, 15) is 19.1 Å². The zero-order chi connectivity index (χ0) is 25.8. The molecule has 1 aromatic heterocycles. The molecule has 1 amide bonds. The average Bonchev–Trinajstić information content (AvgIpc) is 3.36. The summed E-state index contributed by atoms with van der Waals surface area (Å²) in [6, 6.07) is 17.2. The van der Waals surface area contributed by atoms with Crippen LogP contribution in [0.25, 0.3) is 16.0 Å². The lowest BCUT2D eigenvalue weighted by Crippen LogP contribution is -2.29. The summed E-state index contributed by atoms with van der Waals surface area (Å²) in [5.74, 6) is -2.35. The summed E-state index contributed by atoms with van der Waals surface area (Å²) < 4.78 is 14.4. The Balaban J connectivity index is 1.71. The average molecular weight is 521 g/mol. The Morgan fingerprint density at radius 1 is 1.03 bits per heavy atom. The molecule has 1 aliphatic heterocycles. The Morgan fingerprint density at radius 2 is 1.69 bits per heavy atom. The maximum atomic E-state index is 13.8. The lowest BCUT2D eigenvalue weighted by Gasteiger charge is -2.24. The Kier molecular flexibility index (Phi) is 5.93. The molecule has 3 aromatic carbocycles. The highest BCUT2D eigenvalue weighted by Crippen LogP contribution is 2.44. The molecule has 5 rings (SSSR count). The number of rotatable bonds is 3. The van der Waals surface area contributed by atoms with Crippen molar-refractivity contribution in [1.29, 1.82) is 0 Å². The van der Waals surface area contributed by atoms with Gasteiger partial charge in [0.1, 0.15) is 11.6 Å². The third-order valence-electron chi connectivity index (χ3n) is 6.20. The van der Waals surface area contributed by atoms with E-state index in [0.717, 1.165) is 16.9 Å². The van der Waals surface area contributed by atoms with E-state index in [2.05, 4.69) is 25.8 Å². The first kappa shape index (κ1) is 24.2. The van der Waals surface area contributed by atoms with Crippen molar-refractivity contribution in [2.45, 2.75) is 32.2 Å². The zero-order valence-electron chi connectivity index (χ0n) is 19.8. The van der Waals surface area contributed by atoms with Crippen molar-refractivity contribution >= 4 is 55.7 Å². The van der Waals surface area contributed by atoms with E-state index in [0.29, 0.717) is 26.4 Å². The van der Waals surface area contributed by atoms with Crippen molar-refractivity contribution in [3.63, 3.8) is 0 Å². The van der Waals surface area contributed by atoms with E-state index in [1.165, 1.54) is 23.1 Å². The second kappa shape index (κ2) is 8.84. The molecule has 0 radical (unpaired) electrons. The number of nitrogens with zero attached hydrogens (tertiary/aromatic N) is 2. The smallest absolute Gasteiger partial charge is 0.301 e. The monoisotopic (exact) mass is 520 g/mol. The van der Waals surface area contributed by atoms with E-state index in [-0.39, 0.29) is 21.9 Å². The van der Waals surface area contributed by atoms with Gasteiger partial charge in [0.15, 0.2) is 5.13 Å². The zero-order valence-corrected chi connectivity index (χ0v) is 21.3. The number of carbonyl (C=O) groups excluding carboxylic acids is 2. The Morgan fingerprint density at radius 3 is 2.33 bits per heavy atom. The fourth-order valence-corrected chi connectivity index (χ4v) is 5.41. The van der Waals surface area contributed by atoms with E-state index in [1.54, 1.807) is 24.3 Å². The van der Waals surface area contributed by atoms with Crippen molar-refractivity contribution in [2.24, 2.45) is 0 Å². The topological polar surface area (TPSA) is 70.5 Å². The molecule has 1 atom stereocenters. The van der Waals surface area contributed by atoms with Gasteiger partial charge in [0.2, 0.25) is 0 Å². The van der Waals surface area contributed by atoms with Crippen LogP contribution < -0.4 is 4.90 Å². The minimum absolute atomic E-state index is 0.0451. The van der Waals surface area contributed by atoms with Crippen LogP contribution in [0, 0.1) is 5.82 Å². The molecule has 1 unspecified atom stereocenters. The van der Waals surface area contributed by atoms with Gasteiger partial charge in [0.25, 0.3) is 5.78 Å². The van der Waals surface area contributed by atoms with Crippen LogP contribution in [-0.4, -0.2) is 21.8 Å². The molecule has 0 aliphatic carbocycles. The van der Waals surface area contributed by atoms with Crippen LogP contribution in [0.2, 0.25) is 5.02 Å². The van der Waals surface area contributed by atoms with Gasteiger partial charge in [-0.05, 0) is 59.0 Å². The lowest BCUT2D eigenvalue weighted by atomic mass is 9.85. The van der Waals surface area contributed by atoms with Gasteiger partial charge >= 0.3 is 5.91 Å². The first-order chi connectivity index (χ1) is 17.0. The highest BCUT2D eigenvalue weighted by Gasteiger charge is 2.48. The number of halogens is 2. The van der Waals surface area contributed by atoms with Crippen LogP contribution in [-0.2, 0) is 15.0 Å². The summed E-state index contributed by atoms with van der Waals surface area (Å²) >= 11 is 7.11. The summed E-state index contributed by atoms with van der Waals surface area (Å²) in [5.41, 5.74) is 2.45. The molecule has 2 heterocycles. The second-order valence-electron chi connectivity index (χ2n) is 9.66. The molecule has 0 spiro atoms. The van der Waals surface area contributed by atoms with Crippen molar-refractivity contribution in [2.75, 3.05) is 4.90 Å². The highest BCUT2D eigenvalue weighted by atomic mass is 35.5. The predicted molar refractivity (Wildman–Crippen MR) is 141 cm³/mol. The van der Waals surface area contributed by atoms with Gasteiger partial charge in [-0.3, -0.25) is 14.5 Å². The molecule has 5 nitrogen and oxygen atoms in total. The van der Waals surface area contributed by atoms with Gasteiger partial charge in [0, 0.05) is 10.6 Å². The summed E-state index contributed by atoms with van der Waals surface area (Å²) in [6.07, 6.45) is 0. The minimum Gasteiger partial charge on any atom is -0.507 e. The molecule has 1 saturated heterocycles. The first-order valence-corrected chi connectivity index (χ1v) is 12.5. The normalized spacial score (nSPS) is 17.8. The summed E-state index contributed by atoms with van der Waals surface area (Å²) in [5, 5.41) is 11.9. The van der Waals surface area contributed by atoms with Crippen LogP contribution in [0.1, 0.15) is 43.5 Å². The number of aliphatic hydroxyl groups excluding tert-OH is 1. The molecule has 1 fully saturated rings. The minimum atomic E-state index is -0.917. The van der Waals surface area contributed by atoms with E-state index in [1.807, 2.05) is 24.3 Å². The fourth-order valence-electron chi connectivity index (χ4n) is 4.26. The van der Waals surface area contributed by atoms with Crippen molar-refractivity contribution < 1.29 is 19.1 Å². The van der Waals surface area contributed by atoms with Gasteiger partial charge in [0.05, 0.1) is 21.8 Å². The fraction of sp³-hybridized carbons (Fsp3) is 0.179. The summed E-state index contributed by atoms with van der Waals surface area (Å²) in [7, 11) is 0. The standard InChI is InChI=1S/C28H22ClFN2O3S/c1-28(2,3)17-8-4-15(5-9-17)23-22(24(33)16-6-10-18(29)11-7-16)25(34)26(35)32(23)27-31-20-13-12-19(30)14-21(20)36-27/h4-14,23,33H,1-3H3/b24-22+. The van der Waals surface area contributed by atoms with Crippen molar-refractivity contribution in [3.05, 3.63) is 99.8 Å². The van der Waals surface area contributed by atoms with Crippen LogP contribution >= 0.6 is 22.9 Å².